The summed E-state index contributed by atoms with van der Waals surface area (Å²) in [5, 5.41) is 0.486. The van der Waals surface area contributed by atoms with Gasteiger partial charge in [-0.15, -0.1) is 11.8 Å². The number of hydrogen-bond donors (Lipinski definition) is 0. The zero-order chi connectivity index (χ0) is 18.6. The van der Waals surface area contributed by atoms with Crippen molar-refractivity contribution in [3.63, 3.8) is 0 Å². The number of fused-ring (bicyclic) bond motifs is 1. The van der Waals surface area contributed by atoms with E-state index in [1.54, 1.807) is 0 Å². The average molecular weight is 451 g/mol. The Bertz CT molecular complexity index is 703. The molecule has 1 aromatic rings. The Morgan fingerprint density at radius 3 is 2.81 bits per heavy atom. The van der Waals surface area contributed by atoms with Crippen molar-refractivity contribution in [3.05, 3.63) is 47.1 Å². The molecule has 27 heavy (non-hydrogen) atoms. The van der Waals surface area contributed by atoms with E-state index in [0.29, 0.717) is 12.0 Å². The van der Waals surface area contributed by atoms with Crippen molar-refractivity contribution in [2.24, 2.45) is 5.92 Å². The average Bonchev–Trinajstić information content (AvgIpc) is 2.69. The third-order valence-electron chi connectivity index (χ3n) is 5.49. The fourth-order valence-electron chi connectivity index (χ4n) is 4.01. The fraction of sp³-hybridized carbons (Fsp3) is 0.524. The second kappa shape index (κ2) is 8.93. The summed E-state index contributed by atoms with van der Waals surface area (Å²) in [4.78, 5) is 5.02. The van der Waals surface area contributed by atoms with Crippen LogP contribution in [0.15, 0.2) is 47.1 Å². The minimum absolute atomic E-state index is 0.111. The predicted octanol–water partition coefficient (Wildman–Crippen LogP) is 4.38. The van der Waals surface area contributed by atoms with Crippen LogP contribution in [0, 0.1) is 5.92 Å². The first-order valence-electron chi connectivity index (χ1n) is 9.66. The van der Waals surface area contributed by atoms with Crippen molar-refractivity contribution < 1.29 is 9.47 Å². The monoisotopic (exact) mass is 450 g/mol. The maximum absolute atomic E-state index is 6.17. The number of halogens is 1. The lowest BCUT2D eigenvalue weighted by molar-refractivity contribution is 0.0459. The molecular formula is C21H27BrN2O2S. The molecule has 1 fully saturated rings. The molecule has 4 rings (SSSR count). The van der Waals surface area contributed by atoms with Crippen LogP contribution in [0.1, 0.15) is 12.8 Å². The highest BCUT2D eigenvalue weighted by Gasteiger charge is 2.27. The molecular weight excluding hydrogens is 424 g/mol. The van der Waals surface area contributed by atoms with Crippen LogP contribution in [-0.2, 0) is 0 Å². The van der Waals surface area contributed by atoms with Crippen molar-refractivity contribution in [1.82, 2.24) is 9.80 Å². The summed E-state index contributed by atoms with van der Waals surface area (Å²) < 4.78 is 13.1. The van der Waals surface area contributed by atoms with Gasteiger partial charge in [0, 0.05) is 23.8 Å². The molecule has 3 heterocycles. The molecule has 4 nitrogen and oxygen atoms in total. The van der Waals surface area contributed by atoms with Crippen LogP contribution in [0.2, 0.25) is 0 Å². The molecule has 0 saturated carbocycles. The van der Waals surface area contributed by atoms with Gasteiger partial charge in [-0.3, -0.25) is 4.90 Å². The molecule has 3 aliphatic rings. The first-order chi connectivity index (χ1) is 13.2. The maximum atomic E-state index is 6.17. The van der Waals surface area contributed by atoms with E-state index in [9.17, 15) is 0 Å². The summed E-state index contributed by atoms with van der Waals surface area (Å²) >= 11 is 5.41. The van der Waals surface area contributed by atoms with Gasteiger partial charge in [-0.1, -0.05) is 28.1 Å². The van der Waals surface area contributed by atoms with Crippen LogP contribution < -0.4 is 9.47 Å². The SMILES string of the molecule is CSC1C=CC=CN1CC1CCN(CC2COc3ccc(Br)cc3O2)CC1. The van der Waals surface area contributed by atoms with Crippen LogP contribution in [0.25, 0.3) is 0 Å². The normalized spacial score (nSPS) is 25.8. The van der Waals surface area contributed by atoms with Gasteiger partial charge < -0.3 is 14.4 Å². The third-order valence-corrected chi connectivity index (χ3v) is 6.90. The first-order valence-corrected chi connectivity index (χ1v) is 11.7. The predicted molar refractivity (Wildman–Crippen MR) is 116 cm³/mol. The minimum atomic E-state index is 0.111. The zero-order valence-electron chi connectivity index (χ0n) is 15.7. The van der Waals surface area contributed by atoms with E-state index in [1.807, 2.05) is 30.0 Å². The molecule has 0 aromatic heterocycles. The largest absolute Gasteiger partial charge is 0.486 e. The molecule has 0 aliphatic carbocycles. The molecule has 0 radical (unpaired) electrons. The number of thioether (sulfide) groups is 1. The standard InChI is InChI=1S/C21H27BrN2O2S/c1-27-21-4-2-3-9-24(21)13-16-7-10-23(11-8-16)14-18-15-25-19-6-5-17(22)12-20(19)26-18/h2-6,9,12,16,18,21H,7-8,10-11,13-15H2,1H3. The van der Waals surface area contributed by atoms with E-state index in [2.05, 4.69) is 56.4 Å². The third kappa shape index (κ3) is 4.84. The topological polar surface area (TPSA) is 24.9 Å². The summed E-state index contributed by atoms with van der Waals surface area (Å²) in [7, 11) is 0. The van der Waals surface area contributed by atoms with Crippen LogP contribution in [-0.4, -0.2) is 60.3 Å². The Kier molecular flexibility index (Phi) is 6.35. The Hall–Kier alpha value is -1.11. The molecule has 2 unspecified atom stereocenters. The van der Waals surface area contributed by atoms with Gasteiger partial charge in [0.15, 0.2) is 11.5 Å². The molecule has 2 atom stereocenters. The minimum Gasteiger partial charge on any atom is -0.486 e. The van der Waals surface area contributed by atoms with Gasteiger partial charge >= 0.3 is 0 Å². The maximum Gasteiger partial charge on any atom is 0.162 e. The lowest BCUT2D eigenvalue weighted by Crippen LogP contribution is -2.45. The van der Waals surface area contributed by atoms with E-state index in [-0.39, 0.29) is 6.10 Å². The van der Waals surface area contributed by atoms with Gasteiger partial charge in [-0.2, -0.15) is 0 Å². The van der Waals surface area contributed by atoms with E-state index >= 15 is 0 Å². The van der Waals surface area contributed by atoms with Crippen LogP contribution >= 0.6 is 27.7 Å². The Balaban J connectivity index is 1.24. The highest BCUT2D eigenvalue weighted by atomic mass is 79.9. The highest BCUT2D eigenvalue weighted by molar-refractivity contribution is 9.10. The number of piperidine rings is 1. The van der Waals surface area contributed by atoms with Crippen LogP contribution in [0.5, 0.6) is 11.5 Å². The molecule has 146 valence electrons. The number of hydrogen-bond acceptors (Lipinski definition) is 5. The molecule has 0 amide bonds. The lowest BCUT2D eigenvalue weighted by Gasteiger charge is -2.38. The van der Waals surface area contributed by atoms with Crippen molar-refractivity contribution >= 4 is 27.7 Å². The molecule has 0 spiro atoms. The number of likely N-dealkylation sites (tertiary alicyclic amines) is 1. The van der Waals surface area contributed by atoms with E-state index in [1.165, 1.54) is 12.8 Å². The van der Waals surface area contributed by atoms with Crippen molar-refractivity contribution in [2.75, 3.05) is 39.0 Å². The second-order valence-corrected chi connectivity index (χ2v) is 9.31. The molecule has 1 aromatic carbocycles. The second-order valence-electron chi connectivity index (χ2n) is 7.44. The molecule has 6 heteroatoms. The van der Waals surface area contributed by atoms with E-state index in [0.717, 1.165) is 48.1 Å². The quantitative estimate of drug-likeness (QED) is 0.662. The molecule has 3 aliphatic heterocycles. The summed E-state index contributed by atoms with van der Waals surface area (Å²) in [6.45, 7) is 5.03. The number of benzene rings is 1. The first kappa shape index (κ1) is 19.2. The molecule has 0 bridgehead atoms. The number of rotatable bonds is 5. The van der Waals surface area contributed by atoms with Crippen molar-refractivity contribution in [3.8, 4) is 11.5 Å². The fourth-order valence-corrected chi connectivity index (χ4v) is 5.03. The van der Waals surface area contributed by atoms with Crippen molar-refractivity contribution in [2.45, 2.75) is 24.3 Å². The summed E-state index contributed by atoms with van der Waals surface area (Å²) in [6.07, 6.45) is 13.6. The summed E-state index contributed by atoms with van der Waals surface area (Å²) in [5.74, 6) is 2.47. The van der Waals surface area contributed by atoms with Gasteiger partial charge in [0.2, 0.25) is 0 Å². The lowest BCUT2D eigenvalue weighted by atomic mass is 9.96. The Morgan fingerprint density at radius 2 is 2.00 bits per heavy atom. The Morgan fingerprint density at radius 1 is 1.15 bits per heavy atom. The summed E-state index contributed by atoms with van der Waals surface area (Å²) in [5.41, 5.74) is 0. The van der Waals surface area contributed by atoms with Crippen molar-refractivity contribution in [1.29, 1.82) is 0 Å². The number of nitrogens with zero attached hydrogens (tertiary/aromatic N) is 2. The van der Waals surface area contributed by atoms with Gasteiger partial charge in [0.25, 0.3) is 0 Å². The molecule has 1 saturated heterocycles. The van der Waals surface area contributed by atoms with Gasteiger partial charge in [0.05, 0.1) is 5.37 Å². The highest BCUT2D eigenvalue weighted by Crippen LogP contribution is 2.34. The van der Waals surface area contributed by atoms with E-state index in [4.69, 9.17) is 9.47 Å². The van der Waals surface area contributed by atoms with Gasteiger partial charge in [0.1, 0.15) is 12.7 Å². The van der Waals surface area contributed by atoms with Gasteiger partial charge in [-0.25, -0.2) is 0 Å². The zero-order valence-corrected chi connectivity index (χ0v) is 18.1. The molecule has 0 N–H and O–H groups in total. The smallest absolute Gasteiger partial charge is 0.162 e. The Labute approximate surface area is 174 Å². The van der Waals surface area contributed by atoms with E-state index < -0.39 is 0 Å². The number of allylic oxidation sites excluding steroid dienone is 2. The number of ether oxygens (including phenoxy) is 2. The van der Waals surface area contributed by atoms with Gasteiger partial charge in [-0.05, 0) is 62.4 Å². The van der Waals surface area contributed by atoms with Crippen LogP contribution in [0.4, 0.5) is 0 Å². The summed E-state index contributed by atoms with van der Waals surface area (Å²) in [6, 6.07) is 5.95. The van der Waals surface area contributed by atoms with Crippen LogP contribution in [0.3, 0.4) is 0 Å².